The summed E-state index contributed by atoms with van der Waals surface area (Å²) in [7, 11) is 3.67. The molecule has 4 fully saturated rings. The number of carbonyl (C=O) groups excluding carboxylic acids is 2. The molecular formula is C39H42FN7O3. The first-order valence-corrected chi connectivity index (χ1v) is 17.8. The summed E-state index contributed by atoms with van der Waals surface area (Å²) in [6.07, 6.45) is 4.48. The van der Waals surface area contributed by atoms with Crippen molar-refractivity contribution in [2.75, 3.05) is 38.6 Å². The molecule has 9 rings (SSSR count). The first-order valence-electron chi connectivity index (χ1n) is 17.8. The van der Waals surface area contributed by atoms with Gasteiger partial charge in [0.05, 0.1) is 30.4 Å². The Balaban J connectivity index is 1.02. The number of nitrogens with zero attached hydrogens (tertiary/aromatic N) is 5. The summed E-state index contributed by atoms with van der Waals surface area (Å²) in [5, 5.41) is 4.04. The molecule has 3 aromatic carbocycles. The van der Waals surface area contributed by atoms with Crippen LogP contribution in [0.4, 0.5) is 10.1 Å². The fourth-order valence-corrected chi connectivity index (χ4v) is 8.72. The van der Waals surface area contributed by atoms with Gasteiger partial charge in [-0.25, -0.2) is 9.37 Å². The minimum absolute atomic E-state index is 0.00461. The zero-order valence-corrected chi connectivity index (χ0v) is 28.4. The van der Waals surface area contributed by atoms with Crippen molar-refractivity contribution in [3.05, 3.63) is 77.6 Å². The van der Waals surface area contributed by atoms with E-state index in [4.69, 9.17) is 15.5 Å². The normalized spacial score (nSPS) is 22.1. The minimum Gasteiger partial charge on any atom is -0.494 e. The lowest BCUT2D eigenvalue weighted by atomic mass is 9.90. The zero-order valence-electron chi connectivity index (χ0n) is 28.4. The number of anilines is 1. The Morgan fingerprint density at radius 2 is 1.80 bits per heavy atom. The van der Waals surface area contributed by atoms with Gasteiger partial charge in [0.1, 0.15) is 17.1 Å². The van der Waals surface area contributed by atoms with Gasteiger partial charge in [-0.2, -0.15) is 0 Å². The molecule has 2 aliphatic carbocycles. The Kier molecular flexibility index (Phi) is 7.47. The Bertz CT molecular complexity index is 2150. The summed E-state index contributed by atoms with van der Waals surface area (Å²) in [6.45, 7) is 3.47. The number of aromatic nitrogens is 3. The number of fused-ring (bicyclic) bond motifs is 4. The van der Waals surface area contributed by atoms with Crippen LogP contribution in [0.1, 0.15) is 47.5 Å². The number of nitrogens with two attached hydrogens (primary N) is 1. The molecule has 258 valence electrons. The van der Waals surface area contributed by atoms with E-state index in [9.17, 15) is 14.0 Å². The second-order valence-electron chi connectivity index (χ2n) is 14.8. The molecule has 3 N–H and O–H groups in total. The number of piperidine rings is 1. The number of halogens is 1. The van der Waals surface area contributed by atoms with Crippen LogP contribution in [0, 0.1) is 17.7 Å². The van der Waals surface area contributed by atoms with E-state index < -0.39 is 0 Å². The van der Waals surface area contributed by atoms with E-state index in [1.165, 1.54) is 41.4 Å². The first kappa shape index (κ1) is 31.3. The van der Waals surface area contributed by atoms with Crippen molar-refractivity contribution in [2.45, 2.75) is 50.2 Å². The van der Waals surface area contributed by atoms with Gasteiger partial charge in [0.2, 0.25) is 5.91 Å². The van der Waals surface area contributed by atoms with Gasteiger partial charge in [0, 0.05) is 67.9 Å². The van der Waals surface area contributed by atoms with E-state index in [1.807, 2.05) is 24.1 Å². The predicted molar refractivity (Wildman–Crippen MR) is 191 cm³/mol. The summed E-state index contributed by atoms with van der Waals surface area (Å²) < 4.78 is 23.7. The number of nitrogens with one attached hydrogen (secondary N) is 1. The van der Waals surface area contributed by atoms with Crippen LogP contribution in [0.25, 0.3) is 33.5 Å². The molecule has 10 nitrogen and oxygen atoms in total. The standard InChI is InChI=1S/C39H42FN7O3/c1-44-37-30(14-25(16-33(37)50-2)39(49)47-20-24-8-13-31(47)35(24)41)43-38(44)32-15-23-4-3-5-29(36(23)46(32)17-22-6-7-22)26-18-45(19-26)21-34(48)42-28-11-9-27(40)10-12-28/h3-5,9-12,14-16,22,24,26,31,35H,6-8,13,17-21,41H2,1-2H3,(H,42,48)/t24-,31-,35-/m1/s1. The van der Waals surface area contributed by atoms with Crippen LogP contribution in [0.5, 0.6) is 5.75 Å². The second kappa shape index (κ2) is 11.9. The molecule has 2 amide bonds. The van der Waals surface area contributed by atoms with E-state index >= 15 is 0 Å². The number of para-hydroxylation sites is 1. The number of carbonyl (C=O) groups is 2. The maximum Gasteiger partial charge on any atom is 0.254 e. The molecule has 11 heteroatoms. The lowest BCUT2D eigenvalue weighted by Crippen LogP contribution is -2.48. The first-order chi connectivity index (χ1) is 24.2. The molecular weight excluding hydrogens is 633 g/mol. The highest BCUT2D eigenvalue weighted by molar-refractivity contribution is 6.01. The zero-order chi connectivity index (χ0) is 34.3. The average molecular weight is 676 g/mol. The Morgan fingerprint density at radius 3 is 2.50 bits per heavy atom. The Labute approximate surface area is 290 Å². The maximum atomic E-state index is 13.8. The molecule has 0 spiro atoms. The van der Waals surface area contributed by atoms with E-state index in [0.29, 0.717) is 41.3 Å². The van der Waals surface area contributed by atoms with Crippen molar-refractivity contribution in [1.82, 2.24) is 23.9 Å². The summed E-state index contributed by atoms with van der Waals surface area (Å²) in [5.41, 5.74) is 12.8. The van der Waals surface area contributed by atoms with E-state index in [0.717, 1.165) is 55.0 Å². The van der Waals surface area contributed by atoms with Crippen LogP contribution in [0.2, 0.25) is 0 Å². The molecule has 3 atom stereocenters. The lowest BCUT2D eigenvalue weighted by molar-refractivity contribution is -0.118. The van der Waals surface area contributed by atoms with Gasteiger partial charge in [0.15, 0.2) is 5.82 Å². The van der Waals surface area contributed by atoms with Gasteiger partial charge >= 0.3 is 0 Å². The number of methoxy groups -OCH3 is 1. The highest BCUT2D eigenvalue weighted by Crippen LogP contribution is 2.42. The quantitative estimate of drug-likeness (QED) is 0.218. The van der Waals surface area contributed by atoms with Crippen molar-refractivity contribution in [2.24, 2.45) is 24.6 Å². The monoisotopic (exact) mass is 675 g/mol. The van der Waals surface area contributed by atoms with Crippen molar-refractivity contribution < 1.29 is 18.7 Å². The number of hydrogen-bond donors (Lipinski definition) is 2. The van der Waals surface area contributed by atoms with Crippen molar-refractivity contribution >= 4 is 39.4 Å². The third-order valence-electron chi connectivity index (χ3n) is 11.5. The second-order valence-corrected chi connectivity index (χ2v) is 14.8. The molecule has 4 heterocycles. The number of aryl methyl sites for hydroxylation is 1. The van der Waals surface area contributed by atoms with Crippen LogP contribution in [-0.2, 0) is 18.4 Å². The summed E-state index contributed by atoms with van der Waals surface area (Å²) >= 11 is 0. The number of amides is 2. The number of imidazole rings is 1. The third-order valence-corrected chi connectivity index (χ3v) is 11.5. The van der Waals surface area contributed by atoms with E-state index in [2.05, 4.69) is 43.6 Å². The number of rotatable bonds is 9. The highest BCUT2D eigenvalue weighted by atomic mass is 19.1. The predicted octanol–water partition coefficient (Wildman–Crippen LogP) is 5.35. The molecule has 2 bridgehead atoms. The van der Waals surface area contributed by atoms with Crippen LogP contribution < -0.4 is 15.8 Å². The summed E-state index contributed by atoms with van der Waals surface area (Å²) in [6, 6.07) is 18.5. The number of hydrogen-bond acceptors (Lipinski definition) is 6. The van der Waals surface area contributed by atoms with E-state index in [1.54, 1.807) is 19.2 Å². The molecule has 5 aromatic rings. The molecule has 4 aliphatic rings. The summed E-state index contributed by atoms with van der Waals surface area (Å²) in [5.74, 6) is 2.32. The molecule has 2 saturated heterocycles. The van der Waals surface area contributed by atoms with Crippen LogP contribution in [0.3, 0.4) is 0 Å². The van der Waals surface area contributed by atoms with Crippen molar-refractivity contribution in [1.29, 1.82) is 0 Å². The number of likely N-dealkylation sites (tertiary alicyclic amines) is 2. The maximum absolute atomic E-state index is 13.8. The highest BCUT2D eigenvalue weighted by Gasteiger charge is 2.47. The lowest BCUT2D eigenvalue weighted by Gasteiger charge is -2.39. The van der Waals surface area contributed by atoms with Gasteiger partial charge in [-0.3, -0.25) is 14.5 Å². The topological polar surface area (TPSA) is 111 Å². The molecule has 0 radical (unpaired) electrons. The van der Waals surface area contributed by atoms with Crippen LogP contribution in [0.15, 0.2) is 60.7 Å². The number of ether oxygens (including phenoxy) is 1. The Morgan fingerprint density at radius 1 is 1.00 bits per heavy atom. The van der Waals surface area contributed by atoms with Gasteiger partial charge in [0.25, 0.3) is 5.91 Å². The van der Waals surface area contributed by atoms with Gasteiger partial charge in [-0.15, -0.1) is 0 Å². The molecule has 2 aliphatic heterocycles. The van der Waals surface area contributed by atoms with Crippen LogP contribution in [-0.4, -0.2) is 81.1 Å². The third kappa shape index (κ3) is 5.25. The Hall–Kier alpha value is -4.74. The fraction of sp³-hybridized carbons (Fsp3) is 0.410. The SMILES string of the molecule is COc1cc(C(=O)N2C[C@H]3CC[C@@H]2[C@@H]3N)cc2nc(-c3cc4cccc(C5CN(CC(=O)Nc6ccc(F)cc6)C5)c4n3CC3CC3)n(C)c12. The van der Waals surface area contributed by atoms with E-state index in [-0.39, 0.29) is 36.3 Å². The van der Waals surface area contributed by atoms with Gasteiger partial charge in [-0.1, -0.05) is 18.2 Å². The van der Waals surface area contributed by atoms with Crippen LogP contribution >= 0.6 is 0 Å². The molecule has 2 aromatic heterocycles. The average Bonchev–Trinajstić information content (AvgIpc) is 3.48. The van der Waals surface area contributed by atoms with Crippen molar-refractivity contribution in [3.8, 4) is 17.3 Å². The summed E-state index contributed by atoms with van der Waals surface area (Å²) in [4.78, 5) is 35.8. The van der Waals surface area contributed by atoms with Crippen molar-refractivity contribution in [3.63, 3.8) is 0 Å². The molecule has 0 unspecified atom stereocenters. The molecule has 2 saturated carbocycles. The molecule has 50 heavy (non-hydrogen) atoms. The van der Waals surface area contributed by atoms with Gasteiger partial charge < -0.3 is 29.8 Å². The number of benzene rings is 3. The largest absolute Gasteiger partial charge is 0.494 e. The minimum atomic E-state index is -0.330. The van der Waals surface area contributed by atoms with Gasteiger partial charge in [-0.05, 0) is 85.5 Å². The smallest absolute Gasteiger partial charge is 0.254 e. The fourth-order valence-electron chi connectivity index (χ4n) is 8.72.